The average Bonchev–Trinajstić information content (AvgIpc) is 2.98. The van der Waals surface area contributed by atoms with E-state index in [9.17, 15) is 27.9 Å². The zero-order valence-electron chi connectivity index (χ0n) is 16.3. The van der Waals surface area contributed by atoms with Crippen molar-refractivity contribution in [1.29, 1.82) is 0 Å². The van der Waals surface area contributed by atoms with Gasteiger partial charge in [0.25, 0.3) is 11.8 Å². The van der Waals surface area contributed by atoms with Crippen LogP contribution in [-0.2, 0) is 4.79 Å². The van der Waals surface area contributed by atoms with Crippen molar-refractivity contribution >= 4 is 17.5 Å². The van der Waals surface area contributed by atoms with Gasteiger partial charge in [0.15, 0.2) is 0 Å². The number of anilines is 1. The molecule has 1 atom stereocenters. The smallest absolute Gasteiger partial charge is 0.373 e. The van der Waals surface area contributed by atoms with E-state index in [4.69, 9.17) is 5.73 Å². The molecular formula is C20H18F3N5O3. The van der Waals surface area contributed by atoms with Crippen molar-refractivity contribution < 1.29 is 27.9 Å². The molecule has 2 amide bonds. The van der Waals surface area contributed by atoms with Crippen molar-refractivity contribution in [1.82, 2.24) is 14.9 Å². The van der Waals surface area contributed by atoms with Crippen LogP contribution in [0.25, 0.3) is 11.3 Å². The first-order chi connectivity index (χ1) is 14.5. The Morgan fingerprint density at radius 1 is 1.42 bits per heavy atom. The molecule has 1 saturated heterocycles. The number of likely N-dealkylation sites (tertiary alicyclic amines) is 1. The van der Waals surface area contributed by atoms with Gasteiger partial charge in [0.05, 0.1) is 17.6 Å². The van der Waals surface area contributed by atoms with E-state index < -0.39 is 30.1 Å². The molecule has 3 rings (SSSR count). The molecule has 8 nitrogen and oxygen atoms in total. The topological polar surface area (TPSA) is 121 Å². The summed E-state index contributed by atoms with van der Waals surface area (Å²) >= 11 is 0. The maximum atomic E-state index is 12.6. The lowest BCUT2D eigenvalue weighted by atomic mass is 10.0. The number of nitrogens with two attached hydrogens (primary N) is 1. The van der Waals surface area contributed by atoms with E-state index in [1.54, 1.807) is 25.2 Å². The van der Waals surface area contributed by atoms with Gasteiger partial charge in [-0.2, -0.15) is 13.2 Å². The number of nitrogens with zero attached hydrogens (tertiary/aromatic N) is 3. The number of benzene rings is 1. The molecule has 1 aromatic carbocycles. The average molecular weight is 433 g/mol. The van der Waals surface area contributed by atoms with Gasteiger partial charge >= 0.3 is 6.18 Å². The molecule has 1 aliphatic heterocycles. The van der Waals surface area contributed by atoms with E-state index in [-0.39, 0.29) is 23.6 Å². The van der Waals surface area contributed by atoms with Gasteiger partial charge in [-0.3, -0.25) is 9.59 Å². The zero-order chi connectivity index (χ0) is 22.8. The fourth-order valence-electron chi connectivity index (χ4n) is 2.93. The second-order valence-corrected chi connectivity index (χ2v) is 6.96. The molecule has 2 aromatic rings. The number of aromatic nitrogens is 2. The fraction of sp³-hybridized carbons (Fsp3) is 0.300. The van der Waals surface area contributed by atoms with E-state index in [2.05, 4.69) is 27.1 Å². The fourth-order valence-corrected chi connectivity index (χ4v) is 2.93. The Kier molecular flexibility index (Phi) is 5.85. The number of amides is 2. The van der Waals surface area contributed by atoms with Crippen LogP contribution >= 0.6 is 0 Å². The molecule has 4 N–H and O–H groups in total. The standard InChI is InChI=1S/C20H18F3N5O3/c1-28-8-7-19(31,18(28)30)6-5-12-3-2-4-13(9-12)15-14(26-11-20(21,22)23)10-25-17(27-15)16(24)29/h2-4,9-10,26,31H,7-8,11H2,1H3,(H2,24,29)/t19-/m0/s1. The predicted molar refractivity (Wildman–Crippen MR) is 105 cm³/mol. The minimum absolute atomic E-state index is 0.0205. The molecule has 0 aliphatic carbocycles. The summed E-state index contributed by atoms with van der Waals surface area (Å²) in [5.74, 6) is 3.48. The Bertz CT molecular complexity index is 1090. The van der Waals surface area contributed by atoms with Gasteiger partial charge in [0.2, 0.25) is 11.4 Å². The number of primary amides is 1. The molecule has 0 spiro atoms. The van der Waals surface area contributed by atoms with Crippen LogP contribution in [-0.4, -0.2) is 63.7 Å². The summed E-state index contributed by atoms with van der Waals surface area (Å²) < 4.78 is 37.9. The van der Waals surface area contributed by atoms with Gasteiger partial charge in [-0.1, -0.05) is 24.0 Å². The molecule has 2 heterocycles. The van der Waals surface area contributed by atoms with Gasteiger partial charge in [-0.15, -0.1) is 0 Å². The number of alkyl halides is 3. The lowest BCUT2D eigenvalue weighted by Crippen LogP contribution is -2.37. The van der Waals surface area contributed by atoms with Crippen LogP contribution in [0, 0.1) is 11.8 Å². The third-order valence-corrected chi connectivity index (χ3v) is 4.55. The first-order valence-electron chi connectivity index (χ1n) is 9.07. The summed E-state index contributed by atoms with van der Waals surface area (Å²) in [5.41, 5.74) is 4.08. The second-order valence-electron chi connectivity index (χ2n) is 6.96. The van der Waals surface area contributed by atoms with E-state index in [1.807, 2.05) is 0 Å². The molecule has 1 aromatic heterocycles. The Balaban J connectivity index is 1.98. The Morgan fingerprint density at radius 2 is 2.16 bits per heavy atom. The summed E-state index contributed by atoms with van der Waals surface area (Å²) in [4.78, 5) is 32.5. The summed E-state index contributed by atoms with van der Waals surface area (Å²) in [6.07, 6.45) is -3.28. The van der Waals surface area contributed by atoms with Crippen molar-refractivity contribution in [3.63, 3.8) is 0 Å². The third kappa shape index (κ3) is 5.10. The number of nitrogens with one attached hydrogen (secondary N) is 1. The minimum atomic E-state index is -4.48. The number of halogens is 3. The summed E-state index contributed by atoms with van der Waals surface area (Å²) in [6, 6.07) is 6.24. The van der Waals surface area contributed by atoms with Crippen LogP contribution in [0.15, 0.2) is 30.5 Å². The molecule has 0 unspecified atom stereocenters. The molecule has 162 valence electrons. The van der Waals surface area contributed by atoms with Crippen LogP contribution in [0.4, 0.5) is 18.9 Å². The summed E-state index contributed by atoms with van der Waals surface area (Å²) in [6.45, 7) is -0.962. The molecule has 1 fully saturated rings. The second kappa shape index (κ2) is 8.23. The Morgan fingerprint density at radius 3 is 2.77 bits per heavy atom. The maximum absolute atomic E-state index is 12.6. The quantitative estimate of drug-likeness (QED) is 0.623. The number of rotatable bonds is 4. The van der Waals surface area contributed by atoms with Crippen molar-refractivity contribution in [2.24, 2.45) is 5.73 Å². The Labute approximate surface area is 175 Å². The third-order valence-electron chi connectivity index (χ3n) is 4.55. The summed E-state index contributed by atoms with van der Waals surface area (Å²) in [5, 5.41) is 12.6. The molecule has 1 aliphatic rings. The molecule has 0 bridgehead atoms. The maximum Gasteiger partial charge on any atom is 0.405 e. The largest absolute Gasteiger partial charge is 0.405 e. The molecule has 0 radical (unpaired) electrons. The van der Waals surface area contributed by atoms with Crippen molar-refractivity contribution in [2.75, 3.05) is 25.5 Å². The Hall–Kier alpha value is -3.65. The normalized spacial score (nSPS) is 18.5. The number of hydrogen-bond acceptors (Lipinski definition) is 6. The van der Waals surface area contributed by atoms with Gasteiger partial charge < -0.3 is 21.1 Å². The lowest BCUT2D eigenvalue weighted by molar-refractivity contribution is -0.137. The van der Waals surface area contributed by atoms with Crippen molar-refractivity contribution in [2.45, 2.75) is 18.2 Å². The van der Waals surface area contributed by atoms with Crippen LogP contribution in [0.3, 0.4) is 0 Å². The van der Waals surface area contributed by atoms with Crippen LogP contribution in [0.1, 0.15) is 22.6 Å². The van der Waals surface area contributed by atoms with E-state index in [0.29, 0.717) is 17.7 Å². The van der Waals surface area contributed by atoms with Gasteiger partial charge in [0.1, 0.15) is 6.54 Å². The van der Waals surface area contributed by atoms with Gasteiger partial charge in [-0.05, 0) is 12.1 Å². The number of carbonyl (C=O) groups is 2. The number of hydrogen-bond donors (Lipinski definition) is 3. The molecule has 11 heteroatoms. The highest BCUT2D eigenvalue weighted by Crippen LogP contribution is 2.28. The zero-order valence-corrected chi connectivity index (χ0v) is 16.3. The number of likely N-dealkylation sites (N-methyl/N-ethyl adjacent to an activating group) is 1. The van der Waals surface area contributed by atoms with Gasteiger partial charge in [0, 0.05) is 31.1 Å². The molecule has 0 saturated carbocycles. The minimum Gasteiger partial charge on any atom is -0.373 e. The van der Waals surface area contributed by atoms with Crippen LogP contribution in [0.5, 0.6) is 0 Å². The number of carbonyl (C=O) groups excluding carboxylic acids is 2. The van der Waals surface area contributed by atoms with Crippen LogP contribution in [0.2, 0.25) is 0 Å². The van der Waals surface area contributed by atoms with Gasteiger partial charge in [-0.25, -0.2) is 9.97 Å². The first kappa shape index (κ1) is 22.0. The molecular weight excluding hydrogens is 415 g/mol. The van der Waals surface area contributed by atoms with Crippen molar-refractivity contribution in [3.05, 3.63) is 41.9 Å². The van der Waals surface area contributed by atoms with E-state index >= 15 is 0 Å². The predicted octanol–water partition coefficient (Wildman–Crippen LogP) is 1.16. The first-order valence-corrected chi connectivity index (χ1v) is 9.07. The van der Waals surface area contributed by atoms with E-state index in [0.717, 1.165) is 6.20 Å². The summed E-state index contributed by atoms with van der Waals surface area (Å²) in [7, 11) is 1.56. The highest BCUT2D eigenvalue weighted by Gasteiger charge is 2.42. The number of aliphatic hydroxyl groups is 1. The lowest BCUT2D eigenvalue weighted by Gasteiger charge is -2.14. The van der Waals surface area contributed by atoms with E-state index in [1.165, 1.54) is 11.0 Å². The molecule has 31 heavy (non-hydrogen) atoms. The highest BCUT2D eigenvalue weighted by atomic mass is 19.4. The monoisotopic (exact) mass is 433 g/mol. The van der Waals surface area contributed by atoms with Crippen molar-refractivity contribution in [3.8, 4) is 23.1 Å². The highest BCUT2D eigenvalue weighted by molar-refractivity contribution is 5.91. The van der Waals surface area contributed by atoms with Crippen LogP contribution < -0.4 is 11.1 Å². The SMILES string of the molecule is CN1CC[C@@](O)(C#Cc2cccc(-c3nc(C(N)=O)ncc3NCC(F)(F)F)c2)C1=O.